The van der Waals surface area contributed by atoms with Gasteiger partial charge in [0.05, 0.1) is 24.9 Å². The molecule has 1 aromatic rings. The van der Waals surface area contributed by atoms with Gasteiger partial charge in [0.15, 0.2) is 0 Å². The maximum absolute atomic E-state index is 6.32. The molecule has 3 nitrogen and oxygen atoms in total. The van der Waals surface area contributed by atoms with Gasteiger partial charge in [-0.25, -0.2) is 0 Å². The minimum Gasteiger partial charge on any atom is -0.497 e. The topological polar surface area (TPSA) is 44.5 Å². The standard InChI is InChI=1S/C15H23NO2/c1-15(2,3)18-13-8-5-10-9-11(17-4)6-7-12(10)14(13)16/h6-7,9,13-14H,5,8,16H2,1-4H3. The van der Waals surface area contributed by atoms with Gasteiger partial charge in [-0.05, 0) is 56.9 Å². The average molecular weight is 249 g/mol. The summed E-state index contributed by atoms with van der Waals surface area (Å²) >= 11 is 0. The fourth-order valence-corrected chi connectivity index (χ4v) is 2.51. The van der Waals surface area contributed by atoms with E-state index in [9.17, 15) is 0 Å². The Hall–Kier alpha value is -1.06. The largest absolute Gasteiger partial charge is 0.497 e. The van der Waals surface area contributed by atoms with Gasteiger partial charge in [0.1, 0.15) is 5.75 Å². The second-order valence-electron chi connectivity index (χ2n) is 5.90. The van der Waals surface area contributed by atoms with E-state index in [2.05, 4.69) is 32.9 Å². The van der Waals surface area contributed by atoms with E-state index in [4.69, 9.17) is 15.2 Å². The maximum Gasteiger partial charge on any atom is 0.119 e. The maximum atomic E-state index is 6.32. The van der Waals surface area contributed by atoms with E-state index in [-0.39, 0.29) is 17.7 Å². The van der Waals surface area contributed by atoms with Crippen LogP contribution in [0.3, 0.4) is 0 Å². The summed E-state index contributed by atoms with van der Waals surface area (Å²) in [6, 6.07) is 6.08. The number of methoxy groups -OCH3 is 1. The Morgan fingerprint density at radius 1 is 1.28 bits per heavy atom. The first-order valence-electron chi connectivity index (χ1n) is 6.51. The lowest BCUT2D eigenvalue weighted by molar-refractivity contribution is -0.0763. The van der Waals surface area contributed by atoms with Gasteiger partial charge in [-0.2, -0.15) is 0 Å². The predicted octanol–water partition coefficient (Wildman–Crippen LogP) is 2.82. The zero-order chi connectivity index (χ0) is 13.3. The second-order valence-corrected chi connectivity index (χ2v) is 5.90. The van der Waals surface area contributed by atoms with Gasteiger partial charge in [0.25, 0.3) is 0 Å². The number of hydrogen-bond acceptors (Lipinski definition) is 3. The van der Waals surface area contributed by atoms with Gasteiger partial charge in [-0.1, -0.05) is 6.07 Å². The fraction of sp³-hybridized carbons (Fsp3) is 0.600. The Morgan fingerprint density at radius 3 is 2.61 bits per heavy atom. The molecule has 0 amide bonds. The van der Waals surface area contributed by atoms with Crippen LogP contribution in [0, 0.1) is 0 Å². The average Bonchev–Trinajstić information content (AvgIpc) is 2.31. The fourth-order valence-electron chi connectivity index (χ4n) is 2.51. The highest BCUT2D eigenvalue weighted by molar-refractivity contribution is 5.39. The third-order valence-electron chi connectivity index (χ3n) is 3.31. The molecule has 0 aromatic heterocycles. The zero-order valence-corrected chi connectivity index (χ0v) is 11.7. The van der Waals surface area contributed by atoms with Crippen molar-refractivity contribution >= 4 is 0 Å². The van der Waals surface area contributed by atoms with Crippen molar-refractivity contribution in [3.8, 4) is 5.75 Å². The molecular weight excluding hydrogens is 226 g/mol. The van der Waals surface area contributed by atoms with Crippen LogP contribution in [0.2, 0.25) is 0 Å². The zero-order valence-electron chi connectivity index (χ0n) is 11.7. The van der Waals surface area contributed by atoms with E-state index in [1.807, 2.05) is 6.07 Å². The summed E-state index contributed by atoms with van der Waals surface area (Å²) in [7, 11) is 1.69. The second kappa shape index (κ2) is 4.90. The SMILES string of the molecule is COc1ccc2c(c1)CCC(OC(C)(C)C)C2N. The molecule has 1 aliphatic rings. The molecule has 3 heteroatoms. The number of hydrogen-bond donors (Lipinski definition) is 1. The van der Waals surface area contributed by atoms with Crippen molar-refractivity contribution in [2.24, 2.45) is 5.73 Å². The van der Waals surface area contributed by atoms with Crippen molar-refractivity contribution in [3.63, 3.8) is 0 Å². The number of fused-ring (bicyclic) bond motifs is 1. The van der Waals surface area contributed by atoms with Crippen LogP contribution >= 0.6 is 0 Å². The summed E-state index contributed by atoms with van der Waals surface area (Å²) < 4.78 is 11.3. The Balaban J connectivity index is 2.20. The number of benzene rings is 1. The molecule has 1 aliphatic carbocycles. The lowest BCUT2D eigenvalue weighted by Crippen LogP contribution is -2.38. The van der Waals surface area contributed by atoms with Crippen LogP contribution in [0.4, 0.5) is 0 Å². The van der Waals surface area contributed by atoms with E-state index < -0.39 is 0 Å². The molecule has 18 heavy (non-hydrogen) atoms. The Morgan fingerprint density at radius 2 is 2.00 bits per heavy atom. The molecular formula is C15H23NO2. The molecule has 1 aromatic carbocycles. The predicted molar refractivity (Wildman–Crippen MR) is 72.9 cm³/mol. The molecule has 100 valence electrons. The van der Waals surface area contributed by atoms with Crippen molar-refractivity contribution in [2.45, 2.75) is 51.4 Å². The molecule has 2 unspecified atom stereocenters. The quantitative estimate of drug-likeness (QED) is 0.876. The minimum absolute atomic E-state index is 0.0427. The molecule has 0 aliphatic heterocycles. The number of nitrogens with two attached hydrogens (primary N) is 1. The molecule has 0 heterocycles. The van der Waals surface area contributed by atoms with Crippen LogP contribution in [-0.2, 0) is 11.2 Å². The van der Waals surface area contributed by atoms with Crippen molar-refractivity contribution in [2.75, 3.05) is 7.11 Å². The van der Waals surface area contributed by atoms with E-state index in [1.165, 1.54) is 11.1 Å². The Labute approximate surface area is 109 Å². The summed E-state index contributed by atoms with van der Waals surface area (Å²) in [4.78, 5) is 0. The van der Waals surface area contributed by atoms with Crippen molar-refractivity contribution < 1.29 is 9.47 Å². The highest BCUT2D eigenvalue weighted by Gasteiger charge is 2.30. The highest BCUT2D eigenvalue weighted by atomic mass is 16.5. The number of rotatable bonds is 2. The van der Waals surface area contributed by atoms with E-state index in [0.29, 0.717) is 0 Å². The van der Waals surface area contributed by atoms with E-state index in [0.717, 1.165) is 18.6 Å². The smallest absolute Gasteiger partial charge is 0.119 e. The highest BCUT2D eigenvalue weighted by Crippen LogP contribution is 2.34. The van der Waals surface area contributed by atoms with E-state index in [1.54, 1.807) is 7.11 Å². The molecule has 2 N–H and O–H groups in total. The number of aryl methyl sites for hydroxylation is 1. The molecule has 0 fully saturated rings. The molecule has 2 rings (SSSR count). The van der Waals surface area contributed by atoms with Crippen LogP contribution in [0.5, 0.6) is 5.75 Å². The lowest BCUT2D eigenvalue weighted by atomic mass is 9.85. The van der Waals surface area contributed by atoms with Gasteiger partial charge in [-0.3, -0.25) is 0 Å². The van der Waals surface area contributed by atoms with Crippen molar-refractivity contribution in [1.29, 1.82) is 0 Å². The normalized spacial score (nSPS) is 23.6. The summed E-state index contributed by atoms with van der Waals surface area (Å²) in [5.41, 5.74) is 8.66. The number of ether oxygens (including phenoxy) is 2. The molecule has 0 saturated heterocycles. The summed E-state index contributed by atoms with van der Waals surface area (Å²) in [6.45, 7) is 6.22. The molecule has 0 spiro atoms. The van der Waals surface area contributed by atoms with Gasteiger partial charge in [0.2, 0.25) is 0 Å². The first-order valence-corrected chi connectivity index (χ1v) is 6.51. The lowest BCUT2D eigenvalue weighted by Gasteiger charge is -2.35. The van der Waals surface area contributed by atoms with Crippen LogP contribution in [0.15, 0.2) is 18.2 Å². The summed E-state index contributed by atoms with van der Waals surface area (Å²) in [5, 5.41) is 0. The minimum atomic E-state index is -0.147. The molecule has 2 atom stereocenters. The third kappa shape index (κ3) is 2.85. The molecule has 0 radical (unpaired) electrons. The van der Waals surface area contributed by atoms with Crippen molar-refractivity contribution in [3.05, 3.63) is 29.3 Å². The van der Waals surface area contributed by atoms with Crippen LogP contribution in [-0.4, -0.2) is 18.8 Å². The Kier molecular flexibility index (Phi) is 3.64. The summed E-state index contributed by atoms with van der Waals surface area (Å²) in [5.74, 6) is 0.899. The van der Waals surface area contributed by atoms with Gasteiger partial charge in [0, 0.05) is 0 Å². The van der Waals surface area contributed by atoms with Crippen molar-refractivity contribution in [1.82, 2.24) is 0 Å². The monoisotopic (exact) mass is 249 g/mol. The van der Waals surface area contributed by atoms with Crippen LogP contribution < -0.4 is 10.5 Å². The third-order valence-corrected chi connectivity index (χ3v) is 3.31. The molecule has 0 saturated carbocycles. The first-order chi connectivity index (χ1) is 8.40. The van der Waals surface area contributed by atoms with Gasteiger partial charge < -0.3 is 15.2 Å². The van der Waals surface area contributed by atoms with Gasteiger partial charge >= 0.3 is 0 Å². The van der Waals surface area contributed by atoms with Crippen LogP contribution in [0.1, 0.15) is 44.4 Å². The Bertz CT molecular complexity index is 423. The molecule has 0 bridgehead atoms. The summed E-state index contributed by atoms with van der Waals surface area (Å²) in [6.07, 6.45) is 2.07. The van der Waals surface area contributed by atoms with Gasteiger partial charge in [-0.15, -0.1) is 0 Å². The van der Waals surface area contributed by atoms with Crippen LogP contribution in [0.25, 0.3) is 0 Å². The van der Waals surface area contributed by atoms with E-state index >= 15 is 0 Å². The first kappa shape index (κ1) is 13.4.